The second-order valence-corrected chi connectivity index (χ2v) is 9.60. The van der Waals surface area contributed by atoms with Gasteiger partial charge in [-0.25, -0.2) is 4.39 Å². The van der Waals surface area contributed by atoms with E-state index >= 15 is 0 Å². The van der Waals surface area contributed by atoms with Crippen LogP contribution < -0.4 is 5.32 Å². The number of alkyl halides is 6. The largest absolute Gasteiger partial charge is 0.416 e. The molecule has 2 heterocycles. The van der Waals surface area contributed by atoms with Gasteiger partial charge in [-0.1, -0.05) is 12.1 Å². The van der Waals surface area contributed by atoms with E-state index < -0.39 is 41.5 Å². The summed E-state index contributed by atoms with van der Waals surface area (Å²) in [6, 6.07) is 7.90. The lowest BCUT2D eigenvalue weighted by Crippen LogP contribution is -2.52. The van der Waals surface area contributed by atoms with Crippen LogP contribution in [0.3, 0.4) is 0 Å². The van der Waals surface area contributed by atoms with E-state index in [-0.39, 0.29) is 42.4 Å². The molecule has 3 nitrogen and oxygen atoms in total. The molecule has 4 rings (SSSR count). The van der Waals surface area contributed by atoms with Gasteiger partial charge >= 0.3 is 12.4 Å². The fraction of sp³-hybridized carbons (Fsp3) is 0.538. The number of nitrogens with one attached hydrogen (secondary N) is 1. The molecule has 2 saturated heterocycles. The number of hydrogen-bond acceptors (Lipinski definition) is 3. The molecule has 2 aromatic carbocycles. The summed E-state index contributed by atoms with van der Waals surface area (Å²) in [6.07, 6.45) is -8.68. The van der Waals surface area contributed by atoms with E-state index in [1.54, 1.807) is 12.1 Å². The molecule has 0 saturated carbocycles. The zero-order valence-corrected chi connectivity index (χ0v) is 22.3. The first kappa shape index (κ1) is 32.6. The van der Waals surface area contributed by atoms with Gasteiger partial charge in [-0.05, 0) is 74.2 Å². The molecule has 0 aliphatic carbocycles. The first-order valence-corrected chi connectivity index (χ1v) is 12.1. The number of hydrogen-bond donors (Lipinski definition) is 1. The highest BCUT2D eigenvalue weighted by molar-refractivity contribution is 5.85. The zero-order valence-electron chi connectivity index (χ0n) is 20.6. The lowest BCUT2D eigenvalue weighted by molar-refractivity contribution is -0.143. The van der Waals surface area contributed by atoms with E-state index in [1.165, 1.54) is 19.1 Å². The molecular formula is C26H31Cl2F7N2O. The van der Waals surface area contributed by atoms with Crippen molar-refractivity contribution in [3.8, 4) is 0 Å². The van der Waals surface area contributed by atoms with Crippen LogP contribution in [0.25, 0.3) is 0 Å². The topological polar surface area (TPSA) is 24.5 Å². The maximum atomic E-state index is 13.6. The number of piperidine rings is 2. The molecule has 0 radical (unpaired) electrons. The number of likely N-dealkylation sites (tertiary alicyclic amines) is 1. The van der Waals surface area contributed by atoms with Gasteiger partial charge in [0.05, 0.1) is 23.3 Å². The molecule has 0 aromatic heterocycles. The number of halogens is 9. The molecule has 1 unspecified atom stereocenters. The Balaban J connectivity index is 0.00000253. The smallest absolute Gasteiger partial charge is 0.370 e. The molecule has 2 aromatic rings. The van der Waals surface area contributed by atoms with E-state index in [0.717, 1.165) is 43.6 Å². The van der Waals surface area contributed by atoms with Crippen molar-refractivity contribution in [1.82, 2.24) is 10.2 Å². The van der Waals surface area contributed by atoms with E-state index in [9.17, 15) is 30.7 Å². The summed E-state index contributed by atoms with van der Waals surface area (Å²) in [7, 11) is 0. The average Bonchev–Trinajstić information content (AvgIpc) is 2.84. The van der Waals surface area contributed by atoms with Gasteiger partial charge < -0.3 is 10.1 Å². The molecular weight excluding hydrogens is 560 g/mol. The normalized spacial score (nSPS) is 23.7. The molecule has 1 N–H and O–H groups in total. The molecule has 0 bridgehead atoms. The molecule has 2 fully saturated rings. The Labute approximate surface area is 229 Å². The molecule has 12 heteroatoms. The summed E-state index contributed by atoms with van der Waals surface area (Å²) in [5.74, 6) is -0.603. The van der Waals surface area contributed by atoms with Crippen molar-refractivity contribution >= 4 is 24.8 Å². The van der Waals surface area contributed by atoms with Gasteiger partial charge in [0.1, 0.15) is 5.82 Å². The summed E-state index contributed by atoms with van der Waals surface area (Å²) in [5.41, 5.74) is -2.09. The molecule has 2 aliphatic heterocycles. The monoisotopic (exact) mass is 590 g/mol. The third kappa shape index (κ3) is 7.97. The first-order chi connectivity index (χ1) is 16.9. The highest BCUT2D eigenvalue weighted by Crippen LogP contribution is 2.40. The Bertz CT molecular complexity index is 995. The van der Waals surface area contributed by atoms with Gasteiger partial charge in [0.15, 0.2) is 0 Å². The molecule has 38 heavy (non-hydrogen) atoms. The molecule has 4 atom stereocenters. The van der Waals surface area contributed by atoms with Crippen molar-refractivity contribution in [2.45, 2.75) is 62.7 Å². The molecule has 0 amide bonds. The van der Waals surface area contributed by atoms with Crippen molar-refractivity contribution in [1.29, 1.82) is 0 Å². The van der Waals surface area contributed by atoms with Crippen molar-refractivity contribution in [2.24, 2.45) is 0 Å². The number of ether oxygens (including phenoxy) is 1. The fourth-order valence-corrected chi connectivity index (χ4v) is 5.18. The summed E-state index contributed by atoms with van der Waals surface area (Å²) in [4.78, 5) is 2.34. The Morgan fingerprint density at radius 3 is 2.05 bits per heavy atom. The Morgan fingerprint density at radius 1 is 0.921 bits per heavy atom. The minimum Gasteiger partial charge on any atom is -0.370 e. The third-order valence-electron chi connectivity index (χ3n) is 7.12. The van der Waals surface area contributed by atoms with Crippen molar-refractivity contribution in [3.05, 3.63) is 70.5 Å². The van der Waals surface area contributed by atoms with Crippen LogP contribution >= 0.6 is 24.8 Å². The van der Waals surface area contributed by atoms with Gasteiger partial charge in [0, 0.05) is 31.6 Å². The molecule has 0 spiro atoms. The van der Waals surface area contributed by atoms with E-state index in [4.69, 9.17) is 4.74 Å². The Kier molecular flexibility index (Phi) is 11.3. The molecule has 2 aliphatic rings. The summed E-state index contributed by atoms with van der Waals surface area (Å²) < 4.78 is 99.8. The summed E-state index contributed by atoms with van der Waals surface area (Å²) in [5, 5.41) is 3.39. The predicted octanol–water partition coefficient (Wildman–Crippen LogP) is 7.39. The minimum atomic E-state index is -4.92. The van der Waals surface area contributed by atoms with Gasteiger partial charge in [-0.3, -0.25) is 4.90 Å². The van der Waals surface area contributed by atoms with Crippen LogP contribution in [0.5, 0.6) is 0 Å². The number of rotatable bonds is 5. The van der Waals surface area contributed by atoms with Crippen molar-refractivity contribution in [3.63, 3.8) is 0 Å². The number of nitrogens with zero attached hydrogens (tertiary/aromatic N) is 1. The van der Waals surface area contributed by atoms with Crippen LogP contribution in [0.4, 0.5) is 30.7 Å². The quantitative estimate of drug-likeness (QED) is 0.367. The van der Waals surface area contributed by atoms with Crippen LogP contribution in [0.1, 0.15) is 60.5 Å². The third-order valence-corrected chi connectivity index (χ3v) is 7.12. The van der Waals surface area contributed by atoms with Crippen molar-refractivity contribution in [2.75, 3.05) is 26.2 Å². The second kappa shape index (κ2) is 13.2. The maximum absolute atomic E-state index is 13.6. The SMILES string of the molecule is C[C@@H](O[C@H]1CCN(C2CCCNC2)C[C@@H]1c1ccc(F)cc1)c1cc(C(F)(F)F)cc(C(F)(F)F)c1.Cl.Cl. The van der Waals surface area contributed by atoms with Gasteiger partial charge in [0.25, 0.3) is 0 Å². The maximum Gasteiger partial charge on any atom is 0.416 e. The summed E-state index contributed by atoms with van der Waals surface area (Å²) in [6.45, 7) is 4.58. The highest BCUT2D eigenvalue weighted by atomic mass is 35.5. The van der Waals surface area contributed by atoms with Gasteiger partial charge in [-0.15, -0.1) is 24.8 Å². The van der Waals surface area contributed by atoms with Crippen molar-refractivity contribution < 1.29 is 35.5 Å². The van der Waals surface area contributed by atoms with E-state index in [2.05, 4.69) is 10.2 Å². The summed E-state index contributed by atoms with van der Waals surface area (Å²) >= 11 is 0. The average molecular weight is 591 g/mol. The lowest BCUT2D eigenvalue weighted by atomic mass is 9.86. The first-order valence-electron chi connectivity index (χ1n) is 12.1. The number of benzene rings is 2. The van der Waals surface area contributed by atoms with Gasteiger partial charge in [-0.2, -0.15) is 26.3 Å². The highest BCUT2D eigenvalue weighted by Gasteiger charge is 2.39. The molecule has 214 valence electrons. The Hall–Kier alpha value is -1.59. The minimum absolute atomic E-state index is 0. The standard InChI is InChI=1S/C26H29F7N2O.2ClH/c1-16(18-11-19(25(28,29)30)13-20(12-18)26(31,32)33)36-24-8-10-35(22-3-2-9-34-14-22)15-23(24)17-4-6-21(27)7-5-17;;/h4-7,11-13,16,22-24,34H,2-3,8-10,14-15H2,1H3;2*1H/t16-,22?,23-,24+;;/m1../s1. The van der Waals surface area contributed by atoms with Crippen LogP contribution in [0.2, 0.25) is 0 Å². The second-order valence-electron chi connectivity index (χ2n) is 9.60. The predicted molar refractivity (Wildman–Crippen MR) is 135 cm³/mol. The van der Waals surface area contributed by atoms with Gasteiger partial charge in [0.2, 0.25) is 0 Å². The van der Waals surface area contributed by atoms with Crippen LogP contribution in [-0.2, 0) is 17.1 Å². The van der Waals surface area contributed by atoms with E-state index in [1.807, 2.05) is 0 Å². The zero-order chi connectivity index (χ0) is 26.1. The van der Waals surface area contributed by atoms with Crippen LogP contribution in [-0.4, -0.2) is 43.2 Å². The lowest BCUT2D eigenvalue weighted by Gasteiger charge is -2.44. The Morgan fingerprint density at radius 2 is 1.53 bits per heavy atom. The fourth-order valence-electron chi connectivity index (χ4n) is 5.18. The van der Waals surface area contributed by atoms with Crippen LogP contribution in [0, 0.1) is 5.82 Å². The van der Waals surface area contributed by atoms with Crippen LogP contribution in [0.15, 0.2) is 42.5 Å². The van der Waals surface area contributed by atoms with E-state index in [0.29, 0.717) is 25.6 Å².